The third-order valence-corrected chi connectivity index (χ3v) is 2.49. The molecule has 1 amide bonds. The van der Waals surface area contributed by atoms with Gasteiger partial charge in [0.1, 0.15) is 0 Å². The lowest BCUT2D eigenvalue weighted by molar-refractivity contribution is 0.208. The normalized spacial score (nSPS) is 9.93. The molecule has 0 saturated heterocycles. The van der Waals surface area contributed by atoms with Gasteiger partial charge in [0.05, 0.1) is 0 Å². The number of hydrogen-bond donors (Lipinski definition) is 1. The summed E-state index contributed by atoms with van der Waals surface area (Å²) in [6, 6.07) is 2.83. The number of hydrogen-bond acceptors (Lipinski definition) is 2. The first-order valence-corrected chi connectivity index (χ1v) is 5.47. The molecule has 0 aliphatic rings. The topological polar surface area (TPSA) is 52.3 Å². The molecule has 0 atom stereocenters. The molecule has 1 aromatic carbocycles. The lowest BCUT2D eigenvalue weighted by Gasteiger charge is -2.07. The number of amides is 1. The molecule has 0 heterocycles. The lowest BCUT2D eigenvalue weighted by atomic mass is 10.2. The van der Waals surface area contributed by atoms with E-state index in [0.29, 0.717) is 15.4 Å². The molecule has 76 valence electrons. The van der Waals surface area contributed by atoms with Crippen LogP contribution in [-0.2, 0) is 5.33 Å². The third-order valence-electron chi connectivity index (χ3n) is 1.43. The predicted molar refractivity (Wildman–Crippen MR) is 56.9 cm³/mol. The Balaban J connectivity index is 3.18. The zero-order valence-electron chi connectivity index (χ0n) is 6.89. The quantitative estimate of drug-likeness (QED) is 0.849. The Morgan fingerprint density at radius 3 is 2.71 bits per heavy atom. The Hall–Kier alpha value is -0.620. The molecule has 14 heavy (non-hydrogen) atoms. The highest BCUT2D eigenvalue weighted by Gasteiger charge is 2.13. The van der Waals surface area contributed by atoms with Crippen molar-refractivity contribution in [3.63, 3.8) is 0 Å². The van der Waals surface area contributed by atoms with Crippen LogP contribution in [0.5, 0.6) is 5.75 Å². The molecular weight excluding hydrogens is 321 g/mol. The zero-order chi connectivity index (χ0) is 10.7. The number of carbonyl (C=O) groups is 1. The van der Waals surface area contributed by atoms with Crippen molar-refractivity contribution in [2.45, 2.75) is 5.33 Å². The van der Waals surface area contributed by atoms with Gasteiger partial charge in [-0.2, -0.15) is 0 Å². The maximum Gasteiger partial charge on any atom is 0.410 e. The standard InChI is InChI=1S/C8H6Br2FNO2/c9-3-4-1-5(10)2-6(11)7(4)14-8(12)13/h1-2H,3H2,(H2,12,13). The van der Waals surface area contributed by atoms with E-state index in [1.54, 1.807) is 6.07 Å². The number of carbonyl (C=O) groups excluding carboxylic acids is 1. The summed E-state index contributed by atoms with van der Waals surface area (Å²) in [7, 11) is 0. The highest BCUT2D eigenvalue weighted by Crippen LogP contribution is 2.28. The number of rotatable bonds is 2. The summed E-state index contributed by atoms with van der Waals surface area (Å²) in [5, 5.41) is 0.367. The van der Waals surface area contributed by atoms with Crippen LogP contribution in [0.15, 0.2) is 16.6 Å². The highest BCUT2D eigenvalue weighted by atomic mass is 79.9. The number of nitrogens with two attached hydrogens (primary N) is 1. The molecule has 0 aliphatic carbocycles. The summed E-state index contributed by atoms with van der Waals surface area (Å²) in [5.41, 5.74) is 5.31. The SMILES string of the molecule is NC(=O)Oc1c(F)cc(Br)cc1CBr. The summed E-state index contributed by atoms with van der Waals surface area (Å²) in [4.78, 5) is 10.5. The van der Waals surface area contributed by atoms with Gasteiger partial charge in [0.15, 0.2) is 11.6 Å². The first kappa shape index (κ1) is 11.5. The molecule has 0 bridgehead atoms. The summed E-state index contributed by atoms with van der Waals surface area (Å²) >= 11 is 6.27. The van der Waals surface area contributed by atoms with E-state index in [0.717, 1.165) is 0 Å². The Morgan fingerprint density at radius 2 is 2.21 bits per heavy atom. The molecule has 6 heteroatoms. The van der Waals surface area contributed by atoms with Crippen LogP contribution in [0, 0.1) is 5.82 Å². The third kappa shape index (κ3) is 2.68. The van der Waals surface area contributed by atoms with E-state index in [9.17, 15) is 9.18 Å². The van der Waals surface area contributed by atoms with Gasteiger partial charge >= 0.3 is 6.09 Å². The fourth-order valence-corrected chi connectivity index (χ4v) is 1.82. The van der Waals surface area contributed by atoms with Crippen molar-refractivity contribution in [1.82, 2.24) is 0 Å². The molecule has 0 spiro atoms. The second-order valence-corrected chi connectivity index (χ2v) is 3.91. The van der Waals surface area contributed by atoms with Crippen LogP contribution in [0.4, 0.5) is 9.18 Å². The molecular formula is C8H6Br2FNO2. The number of alkyl halides is 1. The Labute approximate surface area is 96.7 Å². The van der Waals surface area contributed by atoms with E-state index < -0.39 is 11.9 Å². The first-order valence-electron chi connectivity index (χ1n) is 3.55. The van der Waals surface area contributed by atoms with Crippen LogP contribution >= 0.6 is 31.9 Å². The van der Waals surface area contributed by atoms with Crippen LogP contribution in [-0.4, -0.2) is 6.09 Å². The van der Waals surface area contributed by atoms with Gasteiger partial charge in [-0.3, -0.25) is 0 Å². The molecule has 0 aliphatic heterocycles. The van der Waals surface area contributed by atoms with Crippen molar-refractivity contribution < 1.29 is 13.9 Å². The van der Waals surface area contributed by atoms with Crippen LogP contribution in [0.3, 0.4) is 0 Å². The summed E-state index contributed by atoms with van der Waals surface area (Å²) < 4.78 is 18.4. The number of ether oxygens (including phenoxy) is 1. The average molecular weight is 327 g/mol. The molecule has 0 saturated carbocycles. The first-order chi connectivity index (χ1) is 6.54. The van der Waals surface area contributed by atoms with E-state index in [4.69, 9.17) is 5.73 Å². The second kappa shape index (κ2) is 4.75. The van der Waals surface area contributed by atoms with Crippen LogP contribution < -0.4 is 10.5 Å². The lowest BCUT2D eigenvalue weighted by Crippen LogP contribution is -2.17. The molecule has 0 fully saturated rings. The fourth-order valence-electron chi connectivity index (χ4n) is 0.928. The number of halogens is 3. The second-order valence-electron chi connectivity index (χ2n) is 2.43. The minimum Gasteiger partial charge on any atom is -0.407 e. The van der Waals surface area contributed by atoms with E-state index in [-0.39, 0.29) is 5.75 Å². The molecule has 2 N–H and O–H groups in total. The van der Waals surface area contributed by atoms with E-state index in [1.165, 1.54) is 6.07 Å². The van der Waals surface area contributed by atoms with Gasteiger partial charge in [0.25, 0.3) is 0 Å². The fraction of sp³-hybridized carbons (Fsp3) is 0.125. The van der Waals surface area contributed by atoms with Crippen molar-refractivity contribution >= 4 is 38.0 Å². The maximum absolute atomic E-state index is 13.3. The minimum atomic E-state index is -1.03. The molecule has 3 nitrogen and oxygen atoms in total. The molecule has 1 aromatic rings. The van der Waals surface area contributed by atoms with Crippen molar-refractivity contribution in [2.24, 2.45) is 5.73 Å². The Kier molecular flexibility index (Phi) is 3.88. The minimum absolute atomic E-state index is 0.141. The van der Waals surface area contributed by atoms with Crippen molar-refractivity contribution in [3.8, 4) is 5.75 Å². The van der Waals surface area contributed by atoms with Gasteiger partial charge < -0.3 is 10.5 Å². The predicted octanol–water partition coefficient (Wildman–Crippen LogP) is 2.94. The molecule has 0 unspecified atom stereocenters. The van der Waals surface area contributed by atoms with Crippen molar-refractivity contribution in [3.05, 3.63) is 28.0 Å². The van der Waals surface area contributed by atoms with E-state index >= 15 is 0 Å². The Morgan fingerprint density at radius 1 is 1.57 bits per heavy atom. The molecule has 1 rings (SSSR count). The van der Waals surface area contributed by atoms with Gasteiger partial charge in [0.2, 0.25) is 0 Å². The average Bonchev–Trinajstić information content (AvgIpc) is 2.08. The highest BCUT2D eigenvalue weighted by molar-refractivity contribution is 9.10. The maximum atomic E-state index is 13.3. The van der Waals surface area contributed by atoms with Crippen molar-refractivity contribution in [2.75, 3.05) is 0 Å². The van der Waals surface area contributed by atoms with E-state index in [1.807, 2.05) is 0 Å². The largest absolute Gasteiger partial charge is 0.410 e. The zero-order valence-corrected chi connectivity index (χ0v) is 10.1. The summed E-state index contributed by atoms with van der Waals surface area (Å²) in [6.45, 7) is 0. The Bertz CT molecular complexity index is 371. The van der Waals surface area contributed by atoms with Crippen molar-refractivity contribution in [1.29, 1.82) is 0 Å². The summed E-state index contributed by atoms with van der Waals surface area (Å²) in [5.74, 6) is -0.773. The molecule has 0 aromatic heterocycles. The molecule has 0 radical (unpaired) electrons. The monoisotopic (exact) mass is 325 g/mol. The number of benzene rings is 1. The van der Waals surface area contributed by atoms with Gasteiger partial charge in [-0.15, -0.1) is 0 Å². The van der Waals surface area contributed by atoms with Crippen LogP contribution in [0.25, 0.3) is 0 Å². The van der Waals surface area contributed by atoms with Gasteiger partial charge in [-0.05, 0) is 12.1 Å². The van der Waals surface area contributed by atoms with Gasteiger partial charge in [-0.1, -0.05) is 31.9 Å². The van der Waals surface area contributed by atoms with E-state index in [2.05, 4.69) is 36.6 Å². The smallest absolute Gasteiger partial charge is 0.407 e. The summed E-state index contributed by atoms with van der Waals surface area (Å²) in [6.07, 6.45) is -1.03. The van der Waals surface area contributed by atoms with Crippen LogP contribution in [0.1, 0.15) is 5.56 Å². The van der Waals surface area contributed by atoms with Crippen LogP contribution in [0.2, 0.25) is 0 Å². The van der Waals surface area contributed by atoms with Gasteiger partial charge in [0, 0.05) is 15.4 Å². The van der Waals surface area contributed by atoms with Gasteiger partial charge in [-0.25, -0.2) is 9.18 Å². The number of primary amides is 1.